The molecule has 2 aromatic rings. The second-order valence-electron chi connectivity index (χ2n) is 2.95. The van der Waals surface area contributed by atoms with Crippen LogP contribution in [0.4, 0.5) is 0 Å². The van der Waals surface area contributed by atoms with Gasteiger partial charge in [-0.15, -0.1) is 0 Å². The quantitative estimate of drug-likeness (QED) is 0.761. The van der Waals surface area contributed by atoms with Gasteiger partial charge >= 0.3 is 0 Å². The van der Waals surface area contributed by atoms with Gasteiger partial charge in [0, 0.05) is 5.56 Å². The van der Waals surface area contributed by atoms with E-state index in [1.165, 1.54) is 0 Å². The molecule has 15 heavy (non-hydrogen) atoms. The first-order valence-corrected chi connectivity index (χ1v) is 4.82. The number of aromatic nitrogens is 2. The summed E-state index contributed by atoms with van der Waals surface area (Å²) < 4.78 is 5.26. The van der Waals surface area contributed by atoms with Gasteiger partial charge in [0.25, 0.3) is 0 Å². The molecular weight excluding hydrogens is 188 g/mol. The van der Waals surface area contributed by atoms with Crippen LogP contribution in [0.2, 0.25) is 0 Å². The van der Waals surface area contributed by atoms with Gasteiger partial charge in [0.2, 0.25) is 0 Å². The van der Waals surface area contributed by atoms with Crippen LogP contribution in [0.15, 0.2) is 36.7 Å². The molecule has 2 rings (SSSR count). The van der Waals surface area contributed by atoms with E-state index in [1.54, 1.807) is 12.4 Å². The number of ether oxygens (including phenoxy) is 1. The lowest BCUT2D eigenvalue weighted by atomic mass is 10.2. The van der Waals surface area contributed by atoms with Crippen LogP contribution in [-0.4, -0.2) is 16.6 Å². The van der Waals surface area contributed by atoms with Crippen molar-refractivity contribution in [1.29, 1.82) is 0 Å². The van der Waals surface area contributed by atoms with Gasteiger partial charge in [-0.25, -0.2) is 9.97 Å². The van der Waals surface area contributed by atoms with Crippen molar-refractivity contribution in [2.75, 3.05) is 6.61 Å². The highest BCUT2D eigenvalue weighted by Crippen LogP contribution is 2.14. The second-order valence-corrected chi connectivity index (χ2v) is 2.95. The number of nitrogens with zero attached hydrogens (tertiary/aromatic N) is 2. The smallest absolute Gasteiger partial charge is 0.159 e. The Morgan fingerprint density at radius 2 is 2.07 bits per heavy atom. The fourth-order valence-corrected chi connectivity index (χ4v) is 1.23. The molecule has 1 radical (unpaired) electrons. The average molecular weight is 199 g/mol. The summed E-state index contributed by atoms with van der Waals surface area (Å²) in [5.41, 5.74) is 0.889. The monoisotopic (exact) mass is 199 g/mol. The van der Waals surface area contributed by atoms with Crippen molar-refractivity contribution in [2.45, 2.75) is 6.92 Å². The number of hydrogen-bond acceptors (Lipinski definition) is 3. The Balaban J connectivity index is 2.24. The van der Waals surface area contributed by atoms with Crippen LogP contribution in [0.5, 0.6) is 5.75 Å². The Morgan fingerprint density at radius 1 is 1.27 bits per heavy atom. The summed E-state index contributed by atoms with van der Waals surface area (Å²) in [4.78, 5) is 8.40. The van der Waals surface area contributed by atoms with Crippen LogP contribution in [-0.2, 0) is 0 Å². The Labute approximate surface area is 88.8 Å². The largest absolute Gasteiger partial charge is 0.491 e. The predicted molar refractivity (Wildman–Crippen MR) is 57.5 cm³/mol. The van der Waals surface area contributed by atoms with Gasteiger partial charge in [0.05, 0.1) is 19.0 Å². The summed E-state index contributed by atoms with van der Waals surface area (Å²) in [5, 5.41) is 0. The first kappa shape index (κ1) is 9.65. The summed E-state index contributed by atoms with van der Waals surface area (Å²) in [6.07, 6.45) is 3.35. The highest BCUT2D eigenvalue weighted by Gasteiger charge is 2.00. The van der Waals surface area contributed by atoms with Crippen LogP contribution in [0, 0.1) is 6.07 Å². The maximum Gasteiger partial charge on any atom is 0.159 e. The SMILES string of the molecule is CCOc1cnc(-c2[c]cccc2)nc1. The standard InChI is InChI=1S/C12H11N2O/c1-2-15-11-8-13-12(14-9-11)10-6-4-3-5-7-10/h3-6,8-9H,2H2,1H3. The maximum atomic E-state index is 5.26. The Morgan fingerprint density at radius 3 is 2.67 bits per heavy atom. The Bertz CT molecular complexity index is 411. The van der Waals surface area contributed by atoms with Crippen molar-refractivity contribution in [3.8, 4) is 17.1 Å². The molecular formula is C12H11N2O. The van der Waals surface area contributed by atoms with Crippen LogP contribution < -0.4 is 4.74 Å². The van der Waals surface area contributed by atoms with Crippen LogP contribution >= 0.6 is 0 Å². The summed E-state index contributed by atoms with van der Waals surface area (Å²) in [6, 6.07) is 10.7. The number of benzene rings is 1. The van der Waals surface area contributed by atoms with Crippen molar-refractivity contribution < 1.29 is 4.74 Å². The fraction of sp³-hybridized carbons (Fsp3) is 0.167. The summed E-state index contributed by atoms with van der Waals surface area (Å²) in [6.45, 7) is 2.55. The molecule has 1 aromatic carbocycles. The first-order valence-electron chi connectivity index (χ1n) is 4.82. The fourth-order valence-electron chi connectivity index (χ4n) is 1.23. The van der Waals surface area contributed by atoms with E-state index in [9.17, 15) is 0 Å². The van der Waals surface area contributed by atoms with Crippen molar-refractivity contribution in [3.63, 3.8) is 0 Å². The Kier molecular flexibility index (Phi) is 2.93. The molecule has 0 unspecified atom stereocenters. The molecule has 1 heterocycles. The van der Waals surface area contributed by atoms with E-state index in [0.29, 0.717) is 18.2 Å². The summed E-state index contributed by atoms with van der Waals surface area (Å²) in [7, 11) is 0. The zero-order valence-electron chi connectivity index (χ0n) is 8.47. The lowest BCUT2D eigenvalue weighted by molar-refractivity contribution is 0.337. The molecule has 0 aliphatic rings. The minimum atomic E-state index is 0.625. The lowest BCUT2D eigenvalue weighted by Crippen LogP contribution is -1.94. The summed E-state index contributed by atoms with van der Waals surface area (Å²) in [5.74, 6) is 1.36. The van der Waals surface area contributed by atoms with Crippen LogP contribution in [0.1, 0.15) is 6.92 Å². The van der Waals surface area contributed by atoms with Gasteiger partial charge in [0.15, 0.2) is 11.6 Å². The number of rotatable bonds is 3. The lowest BCUT2D eigenvalue weighted by Gasteiger charge is -2.02. The van der Waals surface area contributed by atoms with Crippen LogP contribution in [0.3, 0.4) is 0 Å². The van der Waals surface area contributed by atoms with E-state index in [0.717, 1.165) is 5.56 Å². The minimum absolute atomic E-state index is 0.625. The first-order chi connectivity index (χ1) is 7.40. The van der Waals surface area contributed by atoms with Gasteiger partial charge in [0.1, 0.15) is 0 Å². The van der Waals surface area contributed by atoms with Crippen LogP contribution in [0.25, 0.3) is 11.4 Å². The van der Waals surface area contributed by atoms with E-state index >= 15 is 0 Å². The second kappa shape index (κ2) is 4.55. The summed E-state index contributed by atoms with van der Waals surface area (Å²) >= 11 is 0. The van der Waals surface area contributed by atoms with E-state index in [-0.39, 0.29) is 0 Å². The van der Waals surface area contributed by atoms with Gasteiger partial charge < -0.3 is 4.74 Å². The van der Waals surface area contributed by atoms with E-state index in [2.05, 4.69) is 16.0 Å². The minimum Gasteiger partial charge on any atom is -0.491 e. The van der Waals surface area contributed by atoms with E-state index in [4.69, 9.17) is 4.74 Å². The molecule has 75 valence electrons. The zero-order valence-corrected chi connectivity index (χ0v) is 8.47. The van der Waals surface area contributed by atoms with Gasteiger partial charge in [-0.2, -0.15) is 0 Å². The molecule has 3 nitrogen and oxygen atoms in total. The zero-order chi connectivity index (χ0) is 10.5. The highest BCUT2D eigenvalue weighted by atomic mass is 16.5. The van der Waals surface area contributed by atoms with E-state index < -0.39 is 0 Å². The van der Waals surface area contributed by atoms with Crippen molar-refractivity contribution in [1.82, 2.24) is 9.97 Å². The molecule has 1 aromatic heterocycles. The molecule has 0 aliphatic heterocycles. The third-order valence-electron chi connectivity index (χ3n) is 1.89. The molecule has 3 heteroatoms. The highest BCUT2D eigenvalue weighted by molar-refractivity contribution is 5.53. The topological polar surface area (TPSA) is 35.0 Å². The Hall–Kier alpha value is -1.90. The van der Waals surface area contributed by atoms with Gasteiger partial charge in [-0.05, 0) is 13.0 Å². The molecule has 0 aliphatic carbocycles. The molecule has 0 atom stereocenters. The average Bonchev–Trinajstić information content (AvgIpc) is 2.32. The predicted octanol–water partition coefficient (Wildman–Crippen LogP) is 2.34. The maximum absolute atomic E-state index is 5.26. The molecule has 0 fully saturated rings. The molecule has 0 amide bonds. The molecule has 0 saturated heterocycles. The normalized spacial score (nSPS) is 9.93. The molecule has 0 spiro atoms. The number of hydrogen-bond donors (Lipinski definition) is 0. The van der Waals surface area contributed by atoms with E-state index in [1.807, 2.05) is 31.2 Å². The van der Waals surface area contributed by atoms with Gasteiger partial charge in [-0.1, -0.05) is 24.3 Å². The van der Waals surface area contributed by atoms with Crippen molar-refractivity contribution >= 4 is 0 Å². The van der Waals surface area contributed by atoms with Crippen molar-refractivity contribution in [3.05, 3.63) is 42.7 Å². The molecule has 0 saturated carbocycles. The van der Waals surface area contributed by atoms with Crippen molar-refractivity contribution in [2.24, 2.45) is 0 Å². The molecule has 0 N–H and O–H groups in total. The third kappa shape index (κ3) is 2.31. The molecule has 0 bridgehead atoms. The third-order valence-corrected chi connectivity index (χ3v) is 1.89. The van der Waals surface area contributed by atoms with Gasteiger partial charge in [-0.3, -0.25) is 0 Å².